The molecule has 0 unspecified atom stereocenters. The summed E-state index contributed by atoms with van der Waals surface area (Å²) < 4.78 is 49.0. The molecule has 23 heavy (non-hydrogen) atoms. The average Bonchev–Trinajstić information content (AvgIpc) is 2.45. The number of hydrazine groups is 1. The molecule has 0 saturated heterocycles. The summed E-state index contributed by atoms with van der Waals surface area (Å²) in [6, 6.07) is 11.0. The molecule has 0 aromatic heterocycles. The second-order valence-electron chi connectivity index (χ2n) is 5.25. The van der Waals surface area contributed by atoms with Crippen LogP contribution in [-0.2, 0) is 20.0 Å². The van der Waals surface area contributed by atoms with E-state index in [0.717, 1.165) is 5.56 Å². The minimum Gasteiger partial charge on any atom is -0.206 e. The Labute approximate surface area is 136 Å². The molecule has 0 spiro atoms. The van der Waals surface area contributed by atoms with Gasteiger partial charge in [0.1, 0.15) is 0 Å². The molecule has 0 bridgehead atoms. The van der Waals surface area contributed by atoms with E-state index >= 15 is 0 Å². The van der Waals surface area contributed by atoms with Crippen molar-refractivity contribution in [3.63, 3.8) is 0 Å². The zero-order valence-corrected chi connectivity index (χ0v) is 14.6. The molecule has 0 atom stereocenters. The molecular weight excluding hydrogens is 336 g/mol. The van der Waals surface area contributed by atoms with Gasteiger partial charge < -0.3 is 0 Å². The van der Waals surface area contributed by atoms with Crippen LogP contribution in [0, 0.1) is 20.8 Å². The first kappa shape index (κ1) is 17.6. The van der Waals surface area contributed by atoms with Gasteiger partial charge in [-0.2, -0.15) is 0 Å². The van der Waals surface area contributed by atoms with Crippen LogP contribution >= 0.6 is 0 Å². The normalized spacial score (nSPS) is 12.3. The Morgan fingerprint density at radius 1 is 0.739 bits per heavy atom. The van der Waals surface area contributed by atoms with E-state index in [4.69, 9.17) is 0 Å². The third-order valence-corrected chi connectivity index (χ3v) is 6.18. The summed E-state index contributed by atoms with van der Waals surface area (Å²) in [5, 5.41) is 0. The molecule has 2 aromatic rings. The molecule has 0 aliphatic carbocycles. The lowest BCUT2D eigenvalue weighted by Gasteiger charge is -2.14. The summed E-state index contributed by atoms with van der Waals surface area (Å²) >= 11 is 0. The van der Waals surface area contributed by atoms with Crippen LogP contribution in [0.25, 0.3) is 0 Å². The number of sulfonamides is 2. The molecule has 0 heterocycles. The number of rotatable bonds is 5. The monoisotopic (exact) mass is 354 g/mol. The maximum atomic E-state index is 12.4. The van der Waals surface area contributed by atoms with Gasteiger partial charge in [-0.25, -0.2) is 16.8 Å². The van der Waals surface area contributed by atoms with Crippen molar-refractivity contribution in [2.45, 2.75) is 30.6 Å². The van der Waals surface area contributed by atoms with E-state index in [-0.39, 0.29) is 9.79 Å². The highest BCUT2D eigenvalue weighted by Gasteiger charge is 2.23. The van der Waals surface area contributed by atoms with Crippen LogP contribution in [0.1, 0.15) is 16.7 Å². The standard InChI is InChI=1S/C15H18N2O4S2/c1-11-9-12(2)15(13(3)10-11)23(20,21)17-16-22(18,19)14-7-5-4-6-8-14/h4-10,16-17H,1-3H3. The molecule has 0 fully saturated rings. The second-order valence-corrected chi connectivity index (χ2v) is 8.55. The fourth-order valence-corrected chi connectivity index (χ4v) is 4.99. The average molecular weight is 354 g/mol. The Balaban J connectivity index is 2.30. The Bertz CT molecular complexity index is 898. The predicted octanol–water partition coefficient (Wildman–Crippen LogP) is 1.78. The highest BCUT2D eigenvalue weighted by atomic mass is 32.2. The van der Waals surface area contributed by atoms with Crippen LogP contribution in [0.3, 0.4) is 0 Å². The topological polar surface area (TPSA) is 92.3 Å². The Morgan fingerprint density at radius 2 is 1.22 bits per heavy atom. The van der Waals surface area contributed by atoms with Crippen molar-refractivity contribution < 1.29 is 16.8 Å². The van der Waals surface area contributed by atoms with E-state index in [2.05, 4.69) is 0 Å². The molecule has 0 amide bonds. The van der Waals surface area contributed by atoms with E-state index in [1.807, 2.05) is 16.6 Å². The van der Waals surface area contributed by atoms with E-state index in [9.17, 15) is 16.8 Å². The predicted molar refractivity (Wildman–Crippen MR) is 87.7 cm³/mol. The maximum Gasteiger partial charge on any atom is 0.254 e. The Morgan fingerprint density at radius 3 is 1.74 bits per heavy atom. The van der Waals surface area contributed by atoms with Crippen LogP contribution < -0.4 is 9.66 Å². The van der Waals surface area contributed by atoms with Crippen LogP contribution in [0.4, 0.5) is 0 Å². The quantitative estimate of drug-likeness (QED) is 0.801. The summed E-state index contributed by atoms with van der Waals surface area (Å²) in [5.74, 6) is 0. The smallest absolute Gasteiger partial charge is 0.206 e. The second kappa shape index (κ2) is 6.40. The number of aryl methyl sites for hydroxylation is 3. The van der Waals surface area contributed by atoms with E-state index in [1.54, 1.807) is 44.2 Å². The van der Waals surface area contributed by atoms with E-state index in [1.165, 1.54) is 12.1 Å². The lowest BCUT2D eigenvalue weighted by atomic mass is 10.1. The van der Waals surface area contributed by atoms with Gasteiger partial charge in [0.05, 0.1) is 9.79 Å². The van der Waals surface area contributed by atoms with Crippen molar-refractivity contribution >= 4 is 20.0 Å². The number of hydrogen-bond acceptors (Lipinski definition) is 4. The van der Waals surface area contributed by atoms with Gasteiger partial charge in [0, 0.05) is 0 Å². The van der Waals surface area contributed by atoms with Crippen LogP contribution in [0.5, 0.6) is 0 Å². The number of benzene rings is 2. The van der Waals surface area contributed by atoms with E-state index in [0.29, 0.717) is 11.1 Å². The zero-order chi connectivity index (χ0) is 17.3. The highest BCUT2D eigenvalue weighted by Crippen LogP contribution is 2.21. The molecule has 2 rings (SSSR count). The first-order valence-corrected chi connectivity index (χ1v) is 9.76. The molecule has 124 valence electrons. The third-order valence-electron chi connectivity index (χ3n) is 3.24. The van der Waals surface area contributed by atoms with Gasteiger partial charge >= 0.3 is 0 Å². The molecule has 2 aromatic carbocycles. The van der Waals surface area contributed by atoms with Gasteiger partial charge in [-0.15, -0.1) is 9.66 Å². The first-order valence-electron chi connectivity index (χ1n) is 6.80. The fraction of sp³-hybridized carbons (Fsp3) is 0.200. The van der Waals surface area contributed by atoms with Crippen LogP contribution in [0.15, 0.2) is 52.3 Å². The van der Waals surface area contributed by atoms with Gasteiger partial charge in [0.15, 0.2) is 0 Å². The van der Waals surface area contributed by atoms with Gasteiger partial charge in [0.25, 0.3) is 20.0 Å². The number of hydrogen-bond donors (Lipinski definition) is 2. The summed E-state index contributed by atoms with van der Waals surface area (Å²) in [4.78, 5) is 3.91. The van der Waals surface area contributed by atoms with Crippen molar-refractivity contribution in [1.29, 1.82) is 0 Å². The van der Waals surface area contributed by atoms with Crippen molar-refractivity contribution in [3.05, 3.63) is 59.2 Å². The summed E-state index contributed by atoms with van der Waals surface area (Å²) in [6.45, 7) is 5.20. The number of nitrogens with one attached hydrogen (secondary N) is 2. The first-order chi connectivity index (χ1) is 10.6. The largest absolute Gasteiger partial charge is 0.254 e. The third kappa shape index (κ3) is 3.97. The van der Waals surface area contributed by atoms with Crippen molar-refractivity contribution in [2.75, 3.05) is 0 Å². The van der Waals surface area contributed by atoms with Crippen molar-refractivity contribution in [1.82, 2.24) is 9.66 Å². The molecule has 0 saturated carbocycles. The summed E-state index contributed by atoms with van der Waals surface area (Å²) in [6.07, 6.45) is 0. The SMILES string of the molecule is Cc1cc(C)c(S(=O)(=O)NNS(=O)(=O)c2ccccc2)c(C)c1. The maximum absolute atomic E-state index is 12.4. The molecule has 6 nitrogen and oxygen atoms in total. The lowest BCUT2D eigenvalue weighted by Crippen LogP contribution is -2.41. The Hall–Kier alpha value is -1.74. The summed E-state index contributed by atoms with van der Waals surface area (Å²) in [7, 11) is -8.00. The molecule has 0 aliphatic heterocycles. The van der Waals surface area contributed by atoms with Crippen molar-refractivity contribution in [2.24, 2.45) is 0 Å². The highest BCUT2D eigenvalue weighted by molar-refractivity contribution is 7.92. The zero-order valence-electron chi connectivity index (χ0n) is 13.0. The minimum atomic E-state index is -4.02. The van der Waals surface area contributed by atoms with Crippen molar-refractivity contribution in [3.8, 4) is 0 Å². The van der Waals surface area contributed by atoms with Crippen LogP contribution in [0.2, 0.25) is 0 Å². The molecule has 0 aliphatic rings. The lowest BCUT2D eigenvalue weighted by molar-refractivity contribution is 0.557. The van der Waals surface area contributed by atoms with Crippen LogP contribution in [-0.4, -0.2) is 16.8 Å². The molecule has 2 N–H and O–H groups in total. The van der Waals surface area contributed by atoms with Gasteiger partial charge in [0.2, 0.25) is 0 Å². The van der Waals surface area contributed by atoms with Gasteiger partial charge in [-0.3, -0.25) is 0 Å². The Kier molecular flexibility index (Phi) is 4.90. The molecular formula is C15H18N2O4S2. The van der Waals surface area contributed by atoms with E-state index < -0.39 is 20.0 Å². The van der Waals surface area contributed by atoms with Gasteiger partial charge in [-0.1, -0.05) is 35.9 Å². The molecule has 8 heteroatoms. The fourth-order valence-electron chi connectivity index (χ4n) is 2.41. The summed E-state index contributed by atoms with van der Waals surface area (Å²) in [5.41, 5.74) is 2.03. The van der Waals surface area contributed by atoms with Gasteiger partial charge in [-0.05, 0) is 44.0 Å². The minimum absolute atomic E-state index is 0.0277. The molecule has 0 radical (unpaired) electrons.